The molecule has 2 aromatic carbocycles. The second-order valence-corrected chi connectivity index (χ2v) is 7.29. The van der Waals surface area contributed by atoms with Gasteiger partial charge in [0.25, 0.3) is 0 Å². The van der Waals surface area contributed by atoms with Crippen LogP contribution in [0.2, 0.25) is 5.02 Å². The monoisotopic (exact) mass is 385 g/mol. The lowest BCUT2D eigenvalue weighted by molar-refractivity contribution is -0.123. The molecule has 0 bridgehead atoms. The molecule has 142 valence electrons. The summed E-state index contributed by atoms with van der Waals surface area (Å²) in [7, 11) is 0. The molecule has 0 spiro atoms. The summed E-state index contributed by atoms with van der Waals surface area (Å²) in [6.07, 6.45) is 2.04. The van der Waals surface area contributed by atoms with Gasteiger partial charge in [-0.25, -0.2) is 0 Å². The van der Waals surface area contributed by atoms with Gasteiger partial charge < -0.3 is 15.5 Å². The standard InChI is InChI=1S/C21H24ClN3O2/c1-14-10-11-16-6-3-4-9-19(16)25(14)13-21(27)23-12-20(26)24-18-8-5-7-17(22)15(18)2/h3-9,14H,10-13H2,1-2H3,(H,23,27)(H,24,26)/t14-/m0/s1. The molecule has 0 fully saturated rings. The quantitative estimate of drug-likeness (QED) is 0.827. The van der Waals surface area contributed by atoms with Crippen LogP contribution in [0, 0.1) is 6.92 Å². The van der Waals surface area contributed by atoms with Crippen LogP contribution in [-0.4, -0.2) is 30.9 Å². The molecule has 0 saturated carbocycles. The second-order valence-electron chi connectivity index (χ2n) is 6.88. The number of anilines is 2. The first-order valence-electron chi connectivity index (χ1n) is 9.12. The summed E-state index contributed by atoms with van der Waals surface area (Å²) in [5.41, 5.74) is 3.82. The first-order chi connectivity index (χ1) is 13.0. The normalized spacial score (nSPS) is 15.8. The van der Waals surface area contributed by atoms with Gasteiger partial charge in [0, 0.05) is 22.4 Å². The number of carbonyl (C=O) groups excluding carboxylic acids is 2. The van der Waals surface area contributed by atoms with E-state index in [0.717, 1.165) is 24.1 Å². The Bertz CT molecular complexity index is 853. The minimum absolute atomic E-state index is 0.0747. The lowest BCUT2D eigenvalue weighted by Gasteiger charge is -2.36. The molecule has 0 saturated heterocycles. The van der Waals surface area contributed by atoms with E-state index in [0.29, 0.717) is 10.7 Å². The molecule has 27 heavy (non-hydrogen) atoms. The van der Waals surface area contributed by atoms with Crippen LogP contribution in [0.5, 0.6) is 0 Å². The summed E-state index contributed by atoms with van der Waals surface area (Å²) in [5.74, 6) is -0.447. The fourth-order valence-corrected chi connectivity index (χ4v) is 3.50. The van der Waals surface area contributed by atoms with E-state index in [-0.39, 0.29) is 30.9 Å². The van der Waals surface area contributed by atoms with E-state index in [1.54, 1.807) is 18.2 Å². The highest BCUT2D eigenvalue weighted by molar-refractivity contribution is 6.31. The maximum absolute atomic E-state index is 12.4. The van der Waals surface area contributed by atoms with Crippen LogP contribution in [0.4, 0.5) is 11.4 Å². The van der Waals surface area contributed by atoms with Crippen LogP contribution in [-0.2, 0) is 16.0 Å². The van der Waals surface area contributed by atoms with Gasteiger partial charge in [0.2, 0.25) is 11.8 Å². The van der Waals surface area contributed by atoms with Crippen LogP contribution in [0.3, 0.4) is 0 Å². The van der Waals surface area contributed by atoms with E-state index in [1.165, 1.54) is 5.56 Å². The number of hydrogen-bond donors (Lipinski definition) is 2. The maximum Gasteiger partial charge on any atom is 0.243 e. The van der Waals surface area contributed by atoms with E-state index in [9.17, 15) is 9.59 Å². The average Bonchev–Trinajstić information content (AvgIpc) is 2.66. The molecular weight excluding hydrogens is 362 g/mol. The molecule has 3 rings (SSSR count). The van der Waals surface area contributed by atoms with Crippen molar-refractivity contribution in [1.29, 1.82) is 0 Å². The summed E-state index contributed by atoms with van der Waals surface area (Å²) in [6.45, 7) is 4.12. The maximum atomic E-state index is 12.4. The van der Waals surface area contributed by atoms with Crippen molar-refractivity contribution in [3.05, 3.63) is 58.6 Å². The van der Waals surface area contributed by atoms with Crippen LogP contribution < -0.4 is 15.5 Å². The van der Waals surface area contributed by atoms with Gasteiger partial charge in [0.15, 0.2) is 0 Å². The Hall–Kier alpha value is -2.53. The van der Waals surface area contributed by atoms with E-state index in [4.69, 9.17) is 11.6 Å². The highest BCUT2D eigenvalue weighted by Crippen LogP contribution is 2.30. The Morgan fingerprint density at radius 2 is 1.93 bits per heavy atom. The van der Waals surface area contributed by atoms with Crippen molar-refractivity contribution in [3.8, 4) is 0 Å². The Morgan fingerprint density at radius 1 is 1.15 bits per heavy atom. The van der Waals surface area contributed by atoms with Crippen LogP contribution in [0.25, 0.3) is 0 Å². The molecule has 6 heteroatoms. The number of para-hydroxylation sites is 1. The molecule has 0 radical (unpaired) electrons. The summed E-state index contributed by atoms with van der Waals surface area (Å²) in [5, 5.41) is 6.08. The lowest BCUT2D eigenvalue weighted by Crippen LogP contribution is -2.45. The van der Waals surface area contributed by atoms with Crippen molar-refractivity contribution in [2.75, 3.05) is 23.3 Å². The number of nitrogens with zero attached hydrogens (tertiary/aromatic N) is 1. The van der Waals surface area contributed by atoms with Gasteiger partial charge in [-0.3, -0.25) is 9.59 Å². The third-order valence-electron chi connectivity index (χ3n) is 4.97. The third-order valence-corrected chi connectivity index (χ3v) is 5.38. The largest absolute Gasteiger partial charge is 0.359 e. The second kappa shape index (κ2) is 8.44. The molecule has 1 aliphatic rings. The number of aryl methyl sites for hydroxylation is 1. The number of carbonyl (C=O) groups is 2. The molecule has 2 aromatic rings. The van der Waals surface area contributed by atoms with E-state index >= 15 is 0 Å². The van der Waals surface area contributed by atoms with Crippen molar-refractivity contribution >= 4 is 34.8 Å². The van der Waals surface area contributed by atoms with Crippen molar-refractivity contribution in [3.63, 3.8) is 0 Å². The number of hydrogen-bond acceptors (Lipinski definition) is 3. The topological polar surface area (TPSA) is 61.4 Å². The average molecular weight is 386 g/mol. The smallest absolute Gasteiger partial charge is 0.243 e. The zero-order valence-electron chi connectivity index (χ0n) is 15.6. The SMILES string of the molecule is Cc1c(Cl)cccc1NC(=O)CNC(=O)CN1c2ccccc2CC[C@@H]1C. The number of benzene rings is 2. The van der Waals surface area contributed by atoms with Crippen LogP contribution in [0.15, 0.2) is 42.5 Å². The molecule has 0 aromatic heterocycles. The number of nitrogens with one attached hydrogen (secondary N) is 2. The molecule has 1 aliphatic heterocycles. The highest BCUT2D eigenvalue weighted by atomic mass is 35.5. The molecular formula is C21H24ClN3O2. The first-order valence-corrected chi connectivity index (χ1v) is 9.49. The van der Waals surface area contributed by atoms with Gasteiger partial charge in [-0.2, -0.15) is 0 Å². The summed E-state index contributed by atoms with van der Waals surface area (Å²) in [6, 6.07) is 13.8. The molecule has 2 N–H and O–H groups in total. The zero-order valence-corrected chi connectivity index (χ0v) is 16.3. The minimum Gasteiger partial charge on any atom is -0.359 e. The summed E-state index contributed by atoms with van der Waals surface area (Å²) >= 11 is 6.06. The van der Waals surface area contributed by atoms with Gasteiger partial charge in [-0.05, 0) is 56.0 Å². The Kier molecular flexibility index (Phi) is 6.01. The fraction of sp³-hybridized carbons (Fsp3) is 0.333. The van der Waals surface area contributed by atoms with Crippen molar-refractivity contribution < 1.29 is 9.59 Å². The third kappa shape index (κ3) is 4.61. The molecule has 0 aliphatic carbocycles. The molecule has 0 unspecified atom stereocenters. The molecule has 1 heterocycles. The van der Waals surface area contributed by atoms with Crippen molar-refractivity contribution in [2.24, 2.45) is 0 Å². The van der Waals surface area contributed by atoms with Gasteiger partial charge in [0.05, 0.1) is 13.1 Å². The highest BCUT2D eigenvalue weighted by Gasteiger charge is 2.24. The Balaban J connectivity index is 1.55. The van der Waals surface area contributed by atoms with Gasteiger partial charge in [0.1, 0.15) is 0 Å². The lowest BCUT2D eigenvalue weighted by atomic mass is 9.97. The summed E-state index contributed by atoms with van der Waals surface area (Å²) < 4.78 is 0. The first kappa shape index (κ1) is 19.2. The van der Waals surface area contributed by atoms with Gasteiger partial charge in [-0.1, -0.05) is 35.9 Å². The van der Waals surface area contributed by atoms with E-state index < -0.39 is 0 Å². The minimum atomic E-state index is -0.277. The van der Waals surface area contributed by atoms with Gasteiger partial charge in [-0.15, -0.1) is 0 Å². The predicted molar refractivity (Wildman–Crippen MR) is 109 cm³/mol. The Labute approximate surface area is 164 Å². The predicted octanol–water partition coefficient (Wildman–Crippen LogP) is 3.54. The fourth-order valence-electron chi connectivity index (χ4n) is 3.33. The number of rotatable bonds is 5. The van der Waals surface area contributed by atoms with Crippen LogP contribution in [0.1, 0.15) is 24.5 Å². The molecule has 1 atom stereocenters. The zero-order chi connectivity index (χ0) is 19.4. The van der Waals surface area contributed by atoms with Crippen molar-refractivity contribution in [1.82, 2.24) is 5.32 Å². The summed E-state index contributed by atoms with van der Waals surface area (Å²) in [4.78, 5) is 26.6. The van der Waals surface area contributed by atoms with E-state index in [2.05, 4.69) is 28.5 Å². The van der Waals surface area contributed by atoms with Gasteiger partial charge >= 0.3 is 0 Å². The van der Waals surface area contributed by atoms with Crippen LogP contribution >= 0.6 is 11.6 Å². The molecule has 5 nitrogen and oxygen atoms in total. The van der Waals surface area contributed by atoms with Crippen molar-refractivity contribution in [2.45, 2.75) is 32.7 Å². The molecule has 2 amide bonds. The number of fused-ring (bicyclic) bond motifs is 1. The number of amides is 2. The Morgan fingerprint density at radius 3 is 2.74 bits per heavy atom. The number of halogens is 1. The van der Waals surface area contributed by atoms with E-state index in [1.807, 2.05) is 25.1 Å².